The van der Waals surface area contributed by atoms with E-state index in [1.54, 1.807) is 37.3 Å². The Morgan fingerprint density at radius 3 is 2.56 bits per heavy atom. The maximum Gasteiger partial charge on any atom is 0.261 e. The largest absolute Gasteiger partial charge is 0.482 e. The van der Waals surface area contributed by atoms with Crippen LogP contribution in [0.25, 0.3) is 0 Å². The van der Waals surface area contributed by atoms with Crippen molar-refractivity contribution in [1.82, 2.24) is 10.2 Å². The molecule has 0 aliphatic carbocycles. The lowest BCUT2D eigenvalue weighted by Crippen LogP contribution is -2.48. The molecule has 0 aliphatic rings. The molecule has 0 spiro atoms. The van der Waals surface area contributed by atoms with Gasteiger partial charge in [0, 0.05) is 24.2 Å². The number of carbonyl (C=O) groups excluding carboxylic acids is 2. The second-order valence-electron chi connectivity index (χ2n) is 5.77. The number of rotatable bonds is 7. The van der Waals surface area contributed by atoms with Crippen molar-refractivity contribution in [2.24, 2.45) is 0 Å². The van der Waals surface area contributed by atoms with Crippen molar-refractivity contribution < 1.29 is 18.7 Å². The molecule has 1 unspecified atom stereocenters. The number of hydrogen-bond acceptors (Lipinski definition) is 3. The highest BCUT2D eigenvalue weighted by Gasteiger charge is 2.26. The molecule has 0 saturated carbocycles. The fourth-order valence-electron chi connectivity index (χ4n) is 2.42. The van der Waals surface area contributed by atoms with Crippen LogP contribution < -0.4 is 10.1 Å². The average molecular weight is 413 g/mol. The molecule has 1 atom stereocenters. The summed E-state index contributed by atoms with van der Waals surface area (Å²) in [5.41, 5.74) is 0.297. The lowest BCUT2D eigenvalue weighted by molar-refractivity contribution is -0.142. The van der Waals surface area contributed by atoms with Crippen LogP contribution in [-0.4, -0.2) is 36.4 Å². The SMILES string of the molecule is CNC(=O)C(C)N(Cc1ccccc1F)C(=O)COc1ccc(Cl)cc1Cl. The number of benzene rings is 2. The van der Waals surface area contributed by atoms with E-state index < -0.39 is 17.8 Å². The molecule has 0 aromatic heterocycles. The van der Waals surface area contributed by atoms with Crippen LogP contribution in [0.15, 0.2) is 42.5 Å². The molecular weight excluding hydrogens is 394 g/mol. The van der Waals surface area contributed by atoms with Crippen LogP contribution in [0.2, 0.25) is 10.0 Å². The third kappa shape index (κ3) is 5.58. The van der Waals surface area contributed by atoms with Crippen LogP contribution in [0.3, 0.4) is 0 Å². The van der Waals surface area contributed by atoms with E-state index in [4.69, 9.17) is 27.9 Å². The zero-order chi connectivity index (χ0) is 20.0. The van der Waals surface area contributed by atoms with Crippen LogP contribution in [-0.2, 0) is 16.1 Å². The summed E-state index contributed by atoms with van der Waals surface area (Å²) in [7, 11) is 1.47. The van der Waals surface area contributed by atoms with Gasteiger partial charge < -0.3 is 15.0 Å². The molecule has 144 valence electrons. The second kappa shape index (κ2) is 9.58. The van der Waals surface area contributed by atoms with Gasteiger partial charge in [-0.15, -0.1) is 0 Å². The fraction of sp³-hybridized carbons (Fsp3) is 0.263. The molecular formula is C19H19Cl2FN2O3. The molecule has 0 aliphatic heterocycles. The van der Waals surface area contributed by atoms with Crippen LogP contribution in [0.1, 0.15) is 12.5 Å². The number of hydrogen-bond donors (Lipinski definition) is 1. The third-order valence-electron chi connectivity index (χ3n) is 3.96. The standard InChI is InChI=1S/C19H19Cl2FN2O3/c1-12(19(26)23-2)24(10-13-5-3-4-6-16(13)22)18(25)11-27-17-8-7-14(20)9-15(17)21/h3-9,12H,10-11H2,1-2H3,(H,23,26). The molecule has 0 radical (unpaired) electrons. The summed E-state index contributed by atoms with van der Waals surface area (Å²) in [6.07, 6.45) is 0. The minimum atomic E-state index is -0.814. The third-order valence-corrected chi connectivity index (χ3v) is 4.49. The van der Waals surface area contributed by atoms with E-state index in [0.717, 1.165) is 0 Å². The topological polar surface area (TPSA) is 58.6 Å². The van der Waals surface area contributed by atoms with Crippen LogP contribution >= 0.6 is 23.2 Å². The Hall–Kier alpha value is -2.31. The monoisotopic (exact) mass is 412 g/mol. The Balaban J connectivity index is 2.17. The van der Waals surface area contributed by atoms with E-state index in [2.05, 4.69) is 5.32 Å². The Morgan fingerprint density at radius 1 is 1.22 bits per heavy atom. The van der Waals surface area contributed by atoms with E-state index in [1.807, 2.05) is 0 Å². The molecule has 27 heavy (non-hydrogen) atoms. The van der Waals surface area contributed by atoms with Crippen molar-refractivity contribution in [2.45, 2.75) is 19.5 Å². The second-order valence-corrected chi connectivity index (χ2v) is 6.61. The first-order chi connectivity index (χ1) is 12.8. The summed E-state index contributed by atoms with van der Waals surface area (Å²) in [6, 6.07) is 9.88. The van der Waals surface area contributed by atoms with Gasteiger partial charge in [0.25, 0.3) is 5.91 Å². The molecule has 8 heteroatoms. The van der Waals surface area contributed by atoms with Crippen molar-refractivity contribution in [1.29, 1.82) is 0 Å². The molecule has 2 amide bonds. The number of nitrogens with one attached hydrogen (secondary N) is 1. The Bertz CT molecular complexity index is 832. The van der Waals surface area contributed by atoms with Crippen LogP contribution in [0.5, 0.6) is 5.75 Å². The van der Waals surface area contributed by atoms with Gasteiger partial charge in [-0.25, -0.2) is 4.39 Å². The number of nitrogens with zero attached hydrogens (tertiary/aromatic N) is 1. The average Bonchev–Trinajstić information content (AvgIpc) is 2.65. The Morgan fingerprint density at radius 2 is 1.93 bits per heavy atom. The summed E-state index contributed by atoms with van der Waals surface area (Å²) in [5.74, 6) is -1.03. The van der Waals surface area contributed by atoms with Crippen LogP contribution in [0.4, 0.5) is 4.39 Å². The normalized spacial score (nSPS) is 11.6. The van der Waals surface area contributed by atoms with Gasteiger partial charge in [-0.1, -0.05) is 41.4 Å². The van der Waals surface area contributed by atoms with E-state index >= 15 is 0 Å². The number of ether oxygens (including phenoxy) is 1. The highest BCUT2D eigenvalue weighted by molar-refractivity contribution is 6.35. The van der Waals surface area contributed by atoms with Gasteiger partial charge in [0.15, 0.2) is 6.61 Å². The molecule has 2 aromatic rings. The molecule has 0 saturated heterocycles. The summed E-state index contributed by atoms with van der Waals surface area (Å²) >= 11 is 11.9. The quantitative estimate of drug-likeness (QED) is 0.754. The molecule has 0 fully saturated rings. The number of halogens is 3. The molecule has 1 N–H and O–H groups in total. The van der Waals surface area contributed by atoms with Gasteiger partial charge in [0.05, 0.1) is 5.02 Å². The predicted molar refractivity (Wildman–Crippen MR) is 102 cm³/mol. The summed E-state index contributed by atoms with van der Waals surface area (Å²) in [6.45, 7) is 1.13. The van der Waals surface area contributed by atoms with Gasteiger partial charge in [-0.05, 0) is 31.2 Å². The first kappa shape index (κ1) is 21.0. The van der Waals surface area contributed by atoms with Crippen molar-refractivity contribution in [3.05, 3.63) is 63.9 Å². The summed E-state index contributed by atoms with van der Waals surface area (Å²) in [5, 5.41) is 3.18. The van der Waals surface area contributed by atoms with Crippen molar-refractivity contribution in [3.63, 3.8) is 0 Å². The molecule has 2 aromatic carbocycles. The first-order valence-corrected chi connectivity index (χ1v) is 8.91. The van der Waals surface area contributed by atoms with Gasteiger partial charge in [-0.3, -0.25) is 9.59 Å². The first-order valence-electron chi connectivity index (χ1n) is 8.15. The van der Waals surface area contributed by atoms with E-state index in [0.29, 0.717) is 10.6 Å². The maximum atomic E-state index is 14.0. The van der Waals surface area contributed by atoms with Crippen LogP contribution in [0, 0.1) is 5.82 Å². The highest BCUT2D eigenvalue weighted by atomic mass is 35.5. The Labute approximate surface area is 167 Å². The van der Waals surface area contributed by atoms with Gasteiger partial charge in [0.2, 0.25) is 5.91 Å². The van der Waals surface area contributed by atoms with E-state index in [9.17, 15) is 14.0 Å². The lowest BCUT2D eigenvalue weighted by Gasteiger charge is -2.28. The number of carbonyl (C=O) groups is 2. The summed E-state index contributed by atoms with van der Waals surface area (Å²) < 4.78 is 19.5. The van der Waals surface area contributed by atoms with E-state index in [1.165, 1.54) is 24.1 Å². The zero-order valence-electron chi connectivity index (χ0n) is 14.8. The fourth-order valence-corrected chi connectivity index (χ4v) is 2.88. The van der Waals surface area contributed by atoms with Gasteiger partial charge >= 0.3 is 0 Å². The minimum absolute atomic E-state index is 0.0716. The van der Waals surface area contributed by atoms with E-state index in [-0.39, 0.29) is 29.8 Å². The minimum Gasteiger partial charge on any atom is -0.482 e. The number of likely N-dealkylation sites (N-methyl/N-ethyl adjacent to an activating group) is 1. The predicted octanol–water partition coefficient (Wildman–Crippen LogP) is 3.67. The molecule has 5 nitrogen and oxygen atoms in total. The Kier molecular flexibility index (Phi) is 7.45. The summed E-state index contributed by atoms with van der Waals surface area (Å²) in [4.78, 5) is 26.0. The zero-order valence-corrected chi connectivity index (χ0v) is 16.4. The lowest BCUT2D eigenvalue weighted by atomic mass is 10.1. The van der Waals surface area contributed by atoms with Crippen molar-refractivity contribution in [2.75, 3.05) is 13.7 Å². The maximum absolute atomic E-state index is 14.0. The smallest absolute Gasteiger partial charge is 0.261 e. The van der Waals surface area contributed by atoms with Crippen molar-refractivity contribution >= 4 is 35.0 Å². The van der Waals surface area contributed by atoms with Crippen molar-refractivity contribution in [3.8, 4) is 5.75 Å². The molecule has 0 heterocycles. The number of amides is 2. The van der Waals surface area contributed by atoms with Gasteiger partial charge in [0.1, 0.15) is 17.6 Å². The molecule has 0 bridgehead atoms. The highest BCUT2D eigenvalue weighted by Crippen LogP contribution is 2.27. The molecule has 2 rings (SSSR count). The van der Waals surface area contributed by atoms with Gasteiger partial charge in [-0.2, -0.15) is 0 Å².